The van der Waals surface area contributed by atoms with Crippen LogP contribution in [0, 0.1) is 0 Å². The Balaban J connectivity index is 1.66. The third-order valence-electron chi connectivity index (χ3n) is 3.03. The zero-order valence-corrected chi connectivity index (χ0v) is 10.4. The maximum atomic E-state index is 5.59. The van der Waals surface area contributed by atoms with E-state index in [1.165, 1.54) is 0 Å². The topological polar surface area (TPSA) is 69.9 Å². The third kappa shape index (κ3) is 1.78. The van der Waals surface area contributed by atoms with Gasteiger partial charge in [0.2, 0.25) is 5.89 Å². The first-order valence-electron chi connectivity index (χ1n) is 6.16. The van der Waals surface area contributed by atoms with Crippen molar-refractivity contribution in [2.75, 3.05) is 0 Å². The van der Waals surface area contributed by atoms with Crippen LogP contribution in [0.15, 0.2) is 57.8 Å². The minimum Gasteiger partial charge on any atom is -0.459 e. The highest BCUT2D eigenvalue weighted by atomic mass is 16.4. The number of furan rings is 1. The molecule has 3 heterocycles. The van der Waals surface area contributed by atoms with Crippen molar-refractivity contribution in [1.82, 2.24) is 19.7 Å². The van der Waals surface area contributed by atoms with Crippen LogP contribution in [0.25, 0.3) is 22.7 Å². The lowest BCUT2D eigenvalue weighted by molar-refractivity contribution is 0.470. The van der Waals surface area contributed by atoms with Gasteiger partial charge >= 0.3 is 0 Å². The largest absolute Gasteiger partial charge is 0.459 e. The summed E-state index contributed by atoms with van der Waals surface area (Å²) < 4.78 is 12.8. The smallest absolute Gasteiger partial charge is 0.283 e. The highest BCUT2D eigenvalue weighted by Crippen LogP contribution is 2.19. The Kier molecular flexibility index (Phi) is 2.38. The van der Waals surface area contributed by atoms with Gasteiger partial charge in [0.25, 0.3) is 5.89 Å². The maximum Gasteiger partial charge on any atom is 0.283 e. The molecule has 0 saturated carbocycles. The number of aromatic nitrogens is 4. The van der Waals surface area contributed by atoms with Gasteiger partial charge in [-0.3, -0.25) is 0 Å². The van der Waals surface area contributed by atoms with Crippen molar-refractivity contribution in [2.24, 2.45) is 0 Å². The summed E-state index contributed by atoms with van der Waals surface area (Å²) in [5.74, 6) is 1.47. The lowest BCUT2D eigenvalue weighted by Crippen LogP contribution is -1.97. The van der Waals surface area contributed by atoms with E-state index in [9.17, 15) is 0 Å². The highest BCUT2D eigenvalue weighted by molar-refractivity contribution is 5.74. The maximum absolute atomic E-state index is 5.59. The first kappa shape index (κ1) is 11.0. The molecule has 0 bridgehead atoms. The van der Waals surface area contributed by atoms with Crippen molar-refractivity contribution in [1.29, 1.82) is 0 Å². The van der Waals surface area contributed by atoms with E-state index >= 15 is 0 Å². The number of para-hydroxylation sites is 2. The highest BCUT2D eigenvalue weighted by Gasteiger charge is 2.12. The van der Waals surface area contributed by atoms with Crippen LogP contribution in [0.2, 0.25) is 0 Å². The fourth-order valence-electron chi connectivity index (χ4n) is 2.10. The predicted octanol–water partition coefficient (Wildman–Crippen LogP) is 2.73. The second kappa shape index (κ2) is 4.34. The molecule has 0 radical (unpaired) electrons. The Hall–Kier alpha value is -2.89. The van der Waals surface area contributed by atoms with E-state index in [-0.39, 0.29) is 0 Å². The van der Waals surface area contributed by atoms with Gasteiger partial charge in [-0.1, -0.05) is 12.1 Å². The van der Waals surface area contributed by atoms with Crippen LogP contribution >= 0.6 is 0 Å². The minimum absolute atomic E-state index is 0.384. The van der Waals surface area contributed by atoms with Crippen molar-refractivity contribution >= 4 is 11.0 Å². The number of hydrogen-bond acceptors (Lipinski definition) is 5. The van der Waals surface area contributed by atoms with Gasteiger partial charge in [-0.15, -0.1) is 10.2 Å². The Bertz CT molecular complexity index is 845. The fraction of sp³-hybridized carbons (Fsp3) is 0.0714. The minimum atomic E-state index is 0.384. The SMILES string of the molecule is c1coc(-c2nnc(Cn3cnc4ccccc43)o2)c1. The lowest BCUT2D eigenvalue weighted by atomic mass is 10.3. The van der Waals surface area contributed by atoms with E-state index in [4.69, 9.17) is 8.83 Å². The van der Waals surface area contributed by atoms with Crippen LogP contribution in [0.4, 0.5) is 0 Å². The molecular formula is C14H10N4O2. The Morgan fingerprint density at radius 2 is 2.00 bits per heavy atom. The van der Waals surface area contributed by atoms with Crippen LogP contribution in [0.1, 0.15) is 5.89 Å². The Labute approximate surface area is 113 Å². The molecule has 4 aromatic rings. The average Bonchev–Trinajstić information content (AvgIpc) is 3.19. The fourth-order valence-corrected chi connectivity index (χ4v) is 2.10. The molecule has 0 N–H and O–H groups in total. The second-order valence-electron chi connectivity index (χ2n) is 4.34. The monoisotopic (exact) mass is 266 g/mol. The summed E-state index contributed by atoms with van der Waals surface area (Å²) in [5.41, 5.74) is 1.98. The van der Waals surface area contributed by atoms with Gasteiger partial charge in [0.15, 0.2) is 5.76 Å². The molecular weight excluding hydrogens is 256 g/mol. The summed E-state index contributed by atoms with van der Waals surface area (Å²) in [5, 5.41) is 8.00. The van der Waals surface area contributed by atoms with Gasteiger partial charge in [0, 0.05) is 0 Å². The van der Waals surface area contributed by atoms with E-state index in [2.05, 4.69) is 15.2 Å². The molecule has 0 aliphatic rings. The zero-order chi connectivity index (χ0) is 13.4. The summed E-state index contributed by atoms with van der Waals surface area (Å²) in [7, 11) is 0. The van der Waals surface area contributed by atoms with E-state index in [0.29, 0.717) is 24.1 Å². The molecule has 0 amide bonds. The zero-order valence-electron chi connectivity index (χ0n) is 10.4. The number of fused-ring (bicyclic) bond motifs is 1. The number of imidazole rings is 1. The third-order valence-corrected chi connectivity index (χ3v) is 3.03. The molecule has 0 aliphatic heterocycles. The summed E-state index contributed by atoms with van der Waals surface area (Å²) in [6, 6.07) is 11.5. The summed E-state index contributed by atoms with van der Waals surface area (Å²) >= 11 is 0. The van der Waals surface area contributed by atoms with E-state index in [0.717, 1.165) is 11.0 Å². The van der Waals surface area contributed by atoms with Crippen LogP contribution in [0.5, 0.6) is 0 Å². The quantitative estimate of drug-likeness (QED) is 0.570. The van der Waals surface area contributed by atoms with Crippen molar-refractivity contribution in [3.8, 4) is 11.7 Å². The van der Waals surface area contributed by atoms with Gasteiger partial charge in [-0.05, 0) is 24.3 Å². The molecule has 20 heavy (non-hydrogen) atoms. The van der Waals surface area contributed by atoms with Gasteiger partial charge in [-0.2, -0.15) is 0 Å². The normalized spacial score (nSPS) is 11.2. The molecule has 0 spiro atoms. The second-order valence-corrected chi connectivity index (χ2v) is 4.34. The summed E-state index contributed by atoms with van der Waals surface area (Å²) in [6.45, 7) is 0.480. The molecule has 3 aromatic heterocycles. The van der Waals surface area contributed by atoms with Gasteiger partial charge < -0.3 is 13.4 Å². The van der Waals surface area contributed by atoms with Gasteiger partial charge in [0.1, 0.15) is 6.54 Å². The van der Waals surface area contributed by atoms with Gasteiger partial charge in [-0.25, -0.2) is 4.98 Å². The number of benzene rings is 1. The van der Waals surface area contributed by atoms with E-state index in [1.807, 2.05) is 28.8 Å². The summed E-state index contributed by atoms with van der Waals surface area (Å²) in [4.78, 5) is 4.33. The lowest BCUT2D eigenvalue weighted by Gasteiger charge is -1.99. The van der Waals surface area contributed by atoms with Crippen LogP contribution in [-0.2, 0) is 6.54 Å². The number of nitrogens with zero attached hydrogens (tertiary/aromatic N) is 4. The standard InChI is InChI=1S/C14H10N4O2/c1-2-5-11-10(4-1)15-9-18(11)8-13-16-17-14(20-13)12-6-3-7-19-12/h1-7,9H,8H2. The van der Waals surface area contributed by atoms with Crippen LogP contribution in [0.3, 0.4) is 0 Å². The molecule has 0 aliphatic carbocycles. The van der Waals surface area contributed by atoms with Gasteiger partial charge in [0.05, 0.1) is 23.6 Å². The molecule has 0 unspecified atom stereocenters. The molecule has 0 atom stereocenters. The first-order chi connectivity index (χ1) is 9.90. The van der Waals surface area contributed by atoms with Crippen molar-refractivity contribution < 1.29 is 8.83 Å². The number of rotatable bonds is 3. The Morgan fingerprint density at radius 3 is 2.90 bits per heavy atom. The van der Waals surface area contributed by atoms with E-state index < -0.39 is 0 Å². The van der Waals surface area contributed by atoms with Crippen LogP contribution < -0.4 is 0 Å². The molecule has 4 rings (SSSR count). The van der Waals surface area contributed by atoms with Crippen molar-refractivity contribution in [3.63, 3.8) is 0 Å². The average molecular weight is 266 g/mol. The van der Waals surface area contributed by atoms with Crippen molar-refractivity contribution in [3.05, 3.63) is 54.9 Å². The Morgan fingerprint density at radius 1 is 1.05 bits per heavy atom. The summed E-state index contributed by atoms with van der Waals surface area (Å²) in [6.07, 6.45) is 3.34. The number of hydrogen-bond donors (Lipinski definition) is 0. The molecule has 6 nitrogen and oxygen atoms in total. The molecule has 1 aromatic carbocycles. The molecule has 6 heteroatoms. The van der Waals surface area contributed by atoms with Crippen molar-refractivity contribution in [2.45, 2.75) is 6.54 Å². The molecule has 0 fully saturated rings. The molecule has 0 saturated heterocycles. The first-order valence-corrected chi connectivity index (χ1v) is 6.16. The van der Waals surface area contributed by atoms with E-state index in [1.54, 1.807) is 24.7 Å². The van der Waals surface area contributed by atoms with Crippen LogP contribution in [-0.4, -0.2) is 19.7 Å². The predicted molar refractivity (Wildman–Crippen MR) is 70.8 cm³/mol. The molecule has 98 valence electrons.